The van der Waals surface area contributed by atoms with Gasteiger partial charge in [0.25, 0.3) is 5.91 Å². The van der Waals surface area contributed by atoms with Crippen molar-refractivity contribution in [3.63, 3.8) is 0 Å². The molecule has 214 valence electrons. The van der Waals surface area contributed by atoms with Crippen LogP contribution in [0.1, 0.15) is 35.5 Å². The van der Waals surface area contributed by atoms with E-state index in [1.807, 2.05) is 0 Å². The van der Waals surface area contributed by atoms with Crippen LogP contribution in [-0.4, -0.2) is 53.1 Å². The van der Waals surface area contributed by atoms with Gasteiger partial charge in [0, 0.05) is 16.7 Å². The second-order valence-electron chi connectivity index (χ2n) is 9.79. The molecule has 1 aromatic heterocycles. The lowest BCUT2D eigenvalue weighted by Crippen LogP contribution is -2.51. The van der Waals surface area contributed by atoms with Gasteiger partial charge in [0.1, 0.15) is 30.5 Å². The molecule has 0 fully saturated rings. The van der Waals surface area contributed by atoms with Gasteiger partial charge in [0.2, 0.25) is 5.60 Å². The smallest absolute Gasteiger partial charge is 0.424 e. The number of alkyl halides is 3. The fourth-order valence-corrected chi connectivity index (χ4v) is 4.27. The number of aromatic nitrogens is 1. The van der Waals surface area contributed by atoms with Gasteiger partial charge in [0.05, 0.1) is 28.9 Å². The van der Waals surface area contributed by atoms with Crippen LogP contribution < -0.4 is 20.5 Å². The number of amides is 1. The molecule has 0 bridgehead atoms. The zero-order valence-corrected chi connectivity index (χ0v) is 22.1. The molecule has 3 aromatic rings. The number of fused-ring (bicyclic) bond motifs is 1. The van der Waals surface area contributed by atoms with Crippen molar-refractivity contribution in [3.05, 3.63) is 76.2 Å². The van der Waals surface area contributed by atoms with E-state index in [4.69, 9.17) is 26.8 Å². The van der Waals surface area contributed by atoms with Crippen molar-refractivity contribution < 1.29 is 42.0 Å². The zero-order valence-electron chi connectivity index (χ0n) is 21.4. The molecule has 3 atom stereocenters. The summed E-state index contributed by atoms with van der Waals surface area (Å²) in [5, 5.41) is 22.5. The summed E-state index contributed by atoms with van der Waals surface area (Å²) in [5.74, 6) is -1.26. The van der Waals surface area contributed by atoms with Crippen molar-refractivity contribution in [2.75, 3.05) is 19.8 Å². The maximum absolute atomic E-state index is 14.4. The van der Waals surface area contributed by atoms with Gasteiger partial charge < -0.3 is 30.7 Å². The van der Waals surface area contributed by atoms with E-state index < -0.39 is 47.4 Å². The third kappa shape index (κ3) is 5.85. The standard InChI is InChI=1S/C27H26ClF4N3O5/c1-14(36)11-39-20-8-5-16(9-19(20)28)24(37)34-12-26(38,27(30,31)32)21-10-18-23(40-13-25(18,2)33)22(35-21)15-3-6-17(29)7-4-15/h3-10,14,36,38H,11-13,33H2,1-2H3,(H,34,37)/t14-,25-,26?/m1/s1. The molecule has 2 aromatic carbocycles. The number of ether oxygens (including phenoxy) is 2. The van der Waals surface area contributed by atoms with Crippen LogP contribution in [0.25, 0.3) is 11.3 Å². The molecule has 8 nitrogen and oxygen atoms in total. The first kappa shape index (κ1) is 29.5. The summed E-state index contributed by atoms with van der Waals surface area (Å²) in [7, 11) is 0. The normalized spacial score (nSPS) is 18.9. The molecule has 5 N–H and O–H groups in total. The molecular formula is C27H26ClF4N3O5. The van der Waals surface area contributed by atoms with Crippen LogP contribution in [0.5, 0.6) is 11.5 Å². The number of aliphatic hydroxyl groups is 2. The maximum Gasteiger partial charge on any atom is 0.424 e. The van der Waals surface area contributed by atoms with Crippen LogP contribution in [0, 0.1) is 5.82 Å². The minimum atomic E-state index is -5.29. The van der Waals surface area contributed by atoms with Crippen LogP contribution in [0.3, 0.4) is 0 Å². The minimum absolute atomic E-state index is 0.00848. The molecule has 1 aliphatic rings. The number of pyridine rings is 1. The number of nitrogens with two attached hydrogens (primary N) is 1. The summed E-state index contributed by atoms with van der Waals surface area (Å²) in [6.07, 6.45) is -6.07. The van der Waals surface area contributed by atoms with Gasteiger partial charge >= 0.3 is 6.18 Å². The van der Waals surface area contributed by atoms with Crippen molar-refractivity contribution in [2.45, 2.75) is 37.3 Å². The molecule has 2 heterocycles. The molecule has 4 rings (SSSR count). The van der Waals surface area contributed by atoms with E-state index in [1.165, 1.54) is 37.3 Å². The number of hydrogen-bond donors (Lipinski definition) is 4. The Morgan fingerprint density at radius 3 is 2.52 bits per heavy atom. The summed E-state index contributed by atoms with van der Waals surface area (Å²) < 4.78 is 67.8. The molecule has 0 radical (unpaired) electrons. The van der Waals surface area contributed by atoms with Gasteiger partial charge in [-0.25, -0.2) is 9.37 Å². The Hall–Kier alpha value is -3.45. The topological polar surface area (TPSA) is 127 Å². The SMILES string of the molecule is C[C@@H](O)COc1ccc(C(=O)NCC(O)(c2cc3c(c(-c4ccc(F)cc4)n2)OC[C@@]3(C)N)C(F)(F)F)cc1Cl. The molecule has 1 unspecified atom stereocenters. The number of nitrogens with zero attached hydrogens (tertiary/aromatic N) is 1. The van der Waals surface area contributed by atoms with Gasteiger partial charge in [-0.05, 0) is 62.4 Å². The largest absolute Gasteiger partial charge is 0.489 e. The number of aliphatic hydroxyl groups excluding tert-OH is 1. The number of carbonyl (C=O) groups is 1. The Balaban J connectivity index is 1.69. The van der Waals surface area contributed by atoms with E-state index >= 15 is 0 Å². The highest BCUT2D eigenvalue weighted by Gasteiger charge is 2.57. The van der Waals surface area contributed by atoms with Crippen LogP contribution in [-0.2, 0) is 11.1 Å². The maximum atomic E-state index is 14.4. The first-order valence-electron chi connectivity index (χ1n) is 12.0. The highest BCUT2D eigenvalue weighted by atomic mass is 35.5. The summed E-state index contributed by atoms with van der Waals surface area (Å²) in [6.45, 7) is 1.61. The Morgan fingerprint density at radius 2 is 1.93 bits per heavy atom. The summed E-state index contributed by atoms with van der Waals surface area (Å²) >= 11 is 6.11. The van der Waals surface area contributed by atoms with Crippen LogP contribution in [0.4, 0.5) is 17.6 Å². The average molecular weight is 584 g/mol. The fraction of sp³-hybridized carbons (Fsp3) is 0.333. The molecule has 0 saturated carbocycles. The van der Waals surface area contributed by atoms with E-state index in [9.17, 15) is 32.6 Å². The second kappa shape index (κ2) is 10.8. The average Bonchev–Trinajstić information content (AvgIpc) is 3.19. The monoisotopic (exact) mass is 583 g/mol. The van der Waals surface area contributed by atoms with Crippen LogP contribution in [0.2, 0.25) is 5.02 Å². The third-order valence-electron chi connectivity index (χ3n) is 6.29. The summed E-state index contributed by atoms with van der Waals surface area (Å²) in [5.41, 5.74) is 0.787. The van der Waals surface area contributed by atoms with Crippen molar-refractivity contribution in [1.29, 1.82) is 0 Å². The van der Waals surface area contributed by atoms with Crippen molar-refractivity contribution in [2.24, 2.45) is 5.73 Å². The Morgan fingerprint density at radius 1 is 1.25 bits per heavy atom. The van der Waals surface area contributed by atoms with Gasteiger partial charge in [-0.15, -0.1) is 0 Å². The number of halogens is 5. The van der Waals surface area contributed by atoms with Crippen molar-refractivity contribution in [3.8, 4) is 22.8 Å². The first-order valence-corrected chi connectivity index (χ1v) is 12.4. The molecule has 40 heavy (non-hydrogen) atoms. The van der Waals surface area contributed by atoms with E-state index in [1.54, 1.807) is 6.92 Å². The predicted octanol–water partition coefficient (Wildman–Crippen LogP) is 4.05. The number of carbonyl (C=O) groups excluding carboxylic acids is 1. The van der Waals surface area contributed by atoms with Crippen molar-refractivity contribution >= 4 is 17.5 Å². The number of benzene rings is 2. The molecule has 1 amide bonds. The zero-order chi connectivity index (χ0) is 29.5. The van der Waals surface area contributed by atoms with Gasteiger partial charge in [0.15, 0.2) is 5.75 Å². The number of hydrogen-bond acceptors (Lipinski definition) is 7. The minimum Gasteiger partial charge on any atom is -0.489 e. The number of rotatable bonds is 8. The molecule has 13 heteroatoms. The highest BCUT2D eigenvalue weighted by molar-refractivity contribution is 6.32. The van der Waals surface area contributed by atoms with Gasteiger partial charge in [-0.1, -0.05) is 11.6 Å². The van der Waals surface area contributed by atoms with Gasteiger partial charge in [-0.2, -0.15) is 13.2 Å². The number of nitrogens with one attached hydrogen (secondary N) is 1. The van der Waals surface area contributed by atoms with E-state index in [0.717, 1.165) is 18.2 Å². The summed E-state index contributed by atoms with van der Waals surface area (Å²) in [6, 6.07) is 9.60. The van der Waals surface area contributed by atoms with Gasteiger partial charge in [-0.3, -0.25) is 4.79 Å². The lowest BCUT2D eigenvalue weighted by Gasteiger charge is -2.31. The second-order valence-corrected chi connectivity index (χ2v) is 10.2. The summed E-state index contributed by atoms with van der Waals surface area (Å²) in [4.78, 5) is 16.8. The molecule has 1 aliphatic heterocycles. The Bertz CT molecular complexity index is 1420. The molecule has 0 saturated heterocycles. The van der Waals surface area contributed by atoms with Crippen LogP contribution in [0.15, 0.2) is 48.5 Å². The predicted molar refractivity (Wildman–Crippen MR) is 138 cm³/mol. The Kier molecular flexibility index (Phi) is 8.01. The lowest BCUT2D eigenvalue weighted by atomic mass is 9.89. The van der Waals surface area contributed by atoms with E-state index in [0.29, 0.717) is 0 Å². The third-order valence-corrected chi connectivity index (χ3v) is 6.59. The van der Waals surface area contributed by atoms with Crippen LogP contribution >= 0.6 is 11.6 Å². The highest BCUT2D eigenvalue weighted by Crippen LogP contribution is 2.46. The fourth-order valence-electron chi connectivity index (χ4n) is 4.03. The molecule has 0 spiro atoms. The molecule has 0 aliphatic carbocycles. The lowest BCUT2D eigenvalue weighted by molar-refractivity contribution is -0.265. The Labute approximate surface area is 231 Å². The van der Waals surface area contributed by atoms with E-state index in [-0.39, 0.29) is 52.1 Å². The molecular weight excluding hydrogens is 558 g/mol. The first-order chi connectivity index (χ1) is 18.6. The quantitative estimate of drug-likeness (QED) is 0.295. The van der Waals surface area contributed by atoms with E-state index in [2.05, 4.69) is 10.3 Å². The van der Waals surface area contributed by atoms with Crippen molar-refractivity contribution in [1.82, 2.24) is 10.3 Å².